The van der Waals surface area contributed by atoms with Gasteiger partial charge in [0.2, 0.25) is 0 Å². The lowest BCUT2D eigenvalue weighted by atomic mass is 9.98. The van der Waals surface area contributed by atoms with E-state index in [0.717, 1.165) is 17.7 Å². The van der Waals surface area contributed by atoms with E-state index in [4.69, 9.17) is 5.53 Å². The van der Waals surface area contributed by atoms with Crippen LogP contribution in [-0.2, 0) is 6.42 Å². The Morgan fingerprint density at radius 2 is 1.43 bits per heavy atom. The molecule has 1 N–H and O–H groups in total. The maximum absolute atomic E-state index is 7.25. The van der Waals surface area contributed by atoms with Crippen molar-refractivity contribution >= 4 is 5.69 Å². The van der Waals surface area contributed by atoms with Crippen LogP contribution < -0.4 is 0 Å². The van der Waals surface area contributed by atoms with E-state index in [1.807, 2.05) is 30.3 Å². The van der Waals surface area contributed by atoms with Crippen LogP contribution in [-0.4, -0.2) is 0 Å². The molecule has 3 aromatic rings. The summed E-state index contributed by atoms with van der Waals surface area (Å²) in [5.41, 5.74) is 12.7. The van der Waals surface area contributed by atoms with Crippen LogP contribution in [0.1, 0.15) is 11.1 Å². The molecule has 2 nitrogen and oxygen atoms in total. The molecule has 0 spiro atoms. The minimum atomic E-state index is 0.739. The molecular formula is C19H16N2. The molecule has 0 saturated carbocycles. The predicted octanol–water partition coefficient (Wildman–Crippen LogP) is 5.61. The van der Waals surface area contributed by atoms with Gasteiger partial charge in [-0.05, 0) is 34.7 Å². The van der Waals surface area contributed by atoms with Crippen molar-refractivity contribution in [2.24, 2.45) is 5.11 Å². The fourth-order valence-electron chi connectivity index (χ4n) is 2.48. The van der Waals surface area contributed by atoms with Crippen LogP contribution in [0.15, 0.2) is 84.0 Å². The molecular weight excluding hydrogens is 256 g/mol. The molecule has 0 radical (unpaired) electrons. The van der Waals surface area contributed by atoms with Crippen molar-refractivity contribution in [3.63, 3.8) is 0 Å². The van der Waals surface area contributed by atoms with Crippen molar-refractivity contribution in [2.75, 3.05) is 0 Å². The van der Waals surface area contributed by atoms with Crippen molar-refractivity contribution in [1.29, 1.82) is 5.53 Å². The summed E-state index contributed by atoms with van der Waals surface area (Å²) in [6.45, 7) is 0. The molecule has 2 heteroatoms. The highest BCUT2D eigenvalue weighted by Crippen LogP contribution is 2.25. The zero-order chi connectivity index (χ0) is 14.5. The molecule has 0 fully saturated rings. The Kier molecular flexibility index (Phi) is 3.88. The Morgan fingerprint density at radius 3 is 2.24 bits per heavy atom. The zero-order valence-electron chi connectivity index (χ0n) is 11.7. The van der Waals surface area contributed by atoms with Gasteiger partial charge in [0, 0.05) is 0 Å². The molecule has 0 aliphatic heterocycles. The molecule has 0 aromatic heterocycles. The molecule has 0 atom stereocenters. The van der Waals surface area contributed by atoms with E-state index in [1.54, 1.807) is 0 Å². The minimum absolute atomic E-state index is 0.739. The number of benzene rings is 3. The van der Waals surface area contributed by atoms with Gasteiger partial charge in [-0.2, -0.15) is 5.11 Å². The second-order valence-electron chi connectivity index (χ2n) is 4.98. The highest BCUT2D eigenvalue weighted by atomic mass is 15.0. The van der Waals surface area contributed by atoms with Crippen molar-refractivity contribution < 1.29 is 0 Å². The Balaban J connectivity index is 1.92. The summed E-state index contributed by atoms with van der Waals surface area (Å²) in [5, 5.41) is 3.60. The fraction of sp³-hybridized carbons (Fsp3) is 0.0526. The van der Waals surface area contributed by atoms with Gasteiger partial charge in [-0.3, -0.25) is 0 Å². The van der Waals surface area contributed by atoms with Gasteiger partial charge in [0.05, 0.1) is 5.69 Å². The van der Waals surface area contributed by atoms with Gasteiger partial charge in [-0.15, -0.1) is 0 Å². The number of nitrogens with zero attached hydrogens (tertiary/aromatic N) is 1. The molecule has 0 amide bonds. The van der Waals surface area contributed by atoms with Crippen LogP contribution in [0.25, 0.3) is 11.1 Å². The maximum atomic E-state index is 7.25. The normalized spacial score (nSPS) is 10.3. The highest BCUT2D eigenvalue weighted by Gasteiger charge is 2.04. The first-order valence-corrected chi connectivity index (χ1v) is 6.96. The molecule has 0 aliphatic rings. The van der Waals surface area contributed by atoms with Crippen LogP contribution in [0.4, 0.5) is 5.69 Å². The predicted molar refractivity (Wildman–Crippen MR) is 85.9 cm³/mol. The molecule has 102 valence electrons. The molecule has 0 heterocycles. The average molecular weight is 272 g/mol. The zero-order valence-corrected chi connectivity index (χ0v) is 11.7. The molecule has 0 saturated heterocycles. The number of rotatable bonds is 4. The van der Waals surface area contributed by atoms with E-state index in [-0.39, 0.29) is 0 Å². The van der Waals surface area contributed by atoms with Crippen molar-refractivity contribution in [1.82, 2.24) is 0 Å². The summed E-state index contributed by atoms with van der Waals surface area (Å²) < 4.78 is 0. The Hall–Kier alpha value is -2.74. The van der Waals surface area contributed by atoms with E-state index >= 15 is 0 Å². The molecule has 0 aliphatic carbocycles. The SMILES string of the molecule is N=Nc1ccccc1Cc1cccc(-c2ccccc2)c1. The highest BCUT2D eigenvalue weighted by molar-refractivity contribution is 5.64. The Bertz CT molecular complexity index is 748. The summed E-state index contributed by atoms with van der Waals surface area (Å²) in [7, 11) is 0. The van der Waals surface area contributed by atoms with Gasteiger partial charge in [0.15, 0.2) is 0 Å². The van der Waals surface area contributed by atoms with E-state index in [9.17, 15) is 0 Å². The number of hydrogen-bond acceptors (Lipinski definition) is 2. The van der Waals surface area contributed by atoms with Crippen molar-refractivity contribution in [3.8, 4) is 11.1 Å². The third-order valence-corrected chi connectivity index (χ3v) is 3.54. The van der Waals surface area contributed by atoms with E-state index in [0.29, 0.717) is 0 Å². The van der Waals surface area contributed by atoms with Crippen LogP contribution >= 0.6 is 0 Å². The van der Waals surface area contributed by atoms with Crippen LogP contribution in [0, 0.1) is 5.53 Å². The van der Waals surface area contributed by atoms with Gasteiger partial charge in [0.1, 0.15) is 0 Å². The van der Waals surface area contributed by atoms with Gasteiger partial charge in [-0.1, -0.05) is 72.8 Å². The lowest BCUT2D eigenvalue weighted by Gasteiger charge is -2.07. The topological polar surface area (TPSA) is 36.2 Å². The van der Waals surface area contributed by atoms with E-state index in [2.05, 4.69) is 53.6 Å². The molecule has 3 aromatic carbocycles. The van der Waals surface area contributed by atoms with Crippen LogP contribution in [0.3, 0.4) is 0 Å². The smallest absolute Gasteiger partial charge is 0.0885 e. The summed E-state index contributed by atoms with van der Waals surface area (Å²) in [6.07, 6.45) is 0.791. The van der Waals surface area contributed by atoms with E-state index < -0.39 is 0 Å². The number of nitrogens with one attached hydrogen (secondary N) is 1. The summed E-state index contributed by atoms with van der Waals surface area (Å²) >= 11 is 0. The Morgan fingerprint density at radius 1 is 0.714 bits per heavy atom. The van der Waals surface area contributed by atoms with Gasteiger partial charge < -0.3 is 0 Å². The average Bonchev–Trinajstić information content (AvgIpc) is 2.56. The first-order chi connectivity index (χ1) is 10.4. The summed E-state index contributed by atoms with van der Waals surface area (Å²) in [5.74, 6) is 0. The minimum Gasteiger partial charge on any atom is -0.204 e. The molecule has 21 heavy (non-hydrogen) atoms. The summed E-state index contributed by atoms with van der Waals surface area (Å²) in [4.78, 5) is 0. The summed E-state index contributed by atoms with van der Waals surface area (Å²) in [6, 6.07) is 26.7. The Labute approximate surface area is 124 Å². The van der Waals surface area contributed by atoms with Gasteiger partial charge in [-0.25, -0.2) is 5.53 Å². The maximum Gasteiger partial charge on any atom is 0.0885 e. The van der Waals surface area contributed by atoms with Crippen molar-refractivity contribution in [3.05, 3.63) is 90.0 Å². The quantitative estimate of drug-likeness (QED) is 0.599. The van der Waals surface area contributed by atoms with Gasteiger partial charge >= 0.3 is 0 Å². The second kappa shape index (κ2) is 6.14. The molecule has 0 unspecified atom stereocenters. The fourth-order valence-corrected chi connectivity index (χ4v) is 2.48. The standard InChI is InChI=1S/C19H16N2/c20-21-19-12-5-4-10-18(19)14-15-7-6-11-17(13-15)16-8-2-1-3-9-16/h1-13,20H,14H2. The monoisotopic (exact) mass is 272 g/mol. The first kappa shape index (κ1) is 13.3. The molecule has 3 rings (SSSR count). The van der Waals surface area contributed by atoms with E-state index in [1.165, 1.54) is 16.7 Å². The third kappa shape index (κ3) is 3.06. The number of para-hydroxylation sites is 1. The van der Waals surface area contributed by atoms with Crippen molar-refractivity contribution in [2.45, 2.75) is 6.42 Å². The third-order valence-electron chi connectivity index (χ3n) is 3.54. The number of hydrogen-bond donors (Lipinski definition) is 1. The lowest BCUT2D eigenvalue weighted by molar-refractivity contribution is 1.10. The lowest BCUT2D eigenvalue weighted by Crippen LogP contribution is -1.89. The van der Waals surface area contributed by atoms with Gasteiger partial charge in [0.25, 0.3) is 0 Å². The molecule has 0 bridgehead atoms. The van der Waals surface area contributed by atoms with Crippen LogP contribution in [0.5, 0.6) is 0 Å². The largest absolute Gasteiger partial charge is 0.204 e. The van der Waals surface area contributed by atoms with Crippen LogP contribution in [0.2, 0.25) is 0 Å². The second-order valence-corrected chi connectivity index (χ2v) is 4.98. The first-order valence-electron chi connectivity index (χ1n) is 6.96.